The first kappa shape index (κ1) is 22.7. The van der Waals surface area contributed by atoms with Crippen LogP contribution in [0.2, 0.25) is 15.1 Å². The van der Waals surface area contributed by atoms with Crippen molar-refractivity contribution in [3.8, 4) is 0 Å². The lowest BCUT2D eigenvalue weighted by atomic mass is 9.94. The molecule has 2 aliphatic rings. The van der Waals surface area contributed by atoms with Crippen LogP contribution in [0, 0.1) is 5.92 Å². The van der Waals surface area contributed by atoms with Crippen molar-refractivity contribution < 1.29 is 4.79 Å². The summed E-state index contributed by atoms with van der Waals surface area (Å²) in [5, 5.41) is 5.37. The van der Waals surface area contributed by atoms with Crippen LogP contribution < -0.4 is 10.2 Å². The second-order valence-electron chi connectivity index (χ2n) is 8.45. The Morgan fingerprint density at radius 3 is 2.52 bits per heavy atom. The molecule has 0 radical (unpaired) electrons. The molecule has 2 fully saturated rings. The fourth-order valence-electron chi connectivity index (χ4n) is 4.64. The topological polar surface area (TPSA) is 35.6 Å². The Morgan fingerprint density at radius 2 is 1.81 bits per heavy atom. The van der Waals surface area contributed by atoms with E-state index < -0.39 is 0 Å². The predicted octanol–water partition coefficient (Wildman–Crippen LogP) is 5.82. The van der Waals surface area contributed by atoms with Crippen molar-refractivity contribution in [2.24, 2.45) is 5.92 Å². The number of carbonyl (C=O) groups is 1. The quantitative estimate of drug-likeness (QED) is 0.586. The zero-order valence-corrected chi connectivity index (χ0v) is 19.8. The number of piperazine rings is 1. The largest absolute Gasteiger partial charge is 0.360 e. The Bertz CT molecular complexity index is 899. The van der Waals surface area contributed by atoms with E-state index >= 15 is 0 Å². The smallest absolute Gasteiger partial charge is 0.222 e. The van der Waals surface area contributed by atoms with Gasteiger partial charge in [-0.15, -0.1) is 0 Å². The van der Waals surface area contributed by atoms with Gasteiger partial charge in [0.2, 0.25) is 5.91 Å². The maximum Gasteiger partial charge on any atom is 0.222 e. The van der Waals surface area contributed by atoms with E-state index in [1.54, 1.807) is 6.07 Å². The number of anilines is 1. The van der Waals surface area contributed by atoms with Crippen molar-refractivity contribution in [3.05, 3.63) is 63.1 Å². The molecule has 2 aromatic rings. The molecular formula is C24H28Cl3N3O. The van der Waals surface area contributed by atoms with E-state index in [0.717, 1.165) is 30.8 Å². The summed E-state index contributed by atoms with van der Waals surface area (Å²) in [6.07, 6.45) is 4.00. The Hall–Kier alpha value is -1.46. The van der Waals surface area contributed by atoms with Gasteiger partial charge in [0, 0.05) is 36.1 Å². The molecule has 166 valence electrons. The van der Waals surface area contributed by atoms with Gasteiger partial charge >= 0.3 is 0 Å². The second-order valence-corrected chi connectivity index (χ2v) is 9.73. The summed E-state index contributed by atoms with van der Waals surface area (Å²) >= 11 is 18.8. The molecule has 31 heavy (non-hydrogen) atoms. The van der Waals surface area contributed by atoms with Crippen LogP contribution in [0.15, 0.2) is 42.5 Å². The number of carbonyl (C=O) groups excluding carboxylic acids is 1. The van der Waals surface area contributed by atoms with E-state index in [2.05, 4.69) is 10.2 Å². The number of piperidine rings is 1. The first-order chi connectivity index (χ1) is 15.0. The standard InChI is InChI=1S/C24H28Cl3N3O/c25-19-6-4-18(5-7-19)23-16-29(24(31)10-3-17-2-1-11-28-15-17)12-13-30(23)22-9-8-20(26)14-21(22)27/h4-9,14,17,23,28H,1-3,10-13,15-16H2/t17?,23-/m0/s1. The number of halogens is 3. The molecule has 0 bridgehead atoms. The van der Waals surface area contributed by atoms with Crippen LogP contribution >= 0.6 is 34.8 Å². The van der Waals surface area contributed by atoms with Crippen LogP contribution in [0.25, 0.3) is 0 Å². The molecule has 4 nitrogen and oxygen atoms in total. The molecule has 1 unspecified atom stereocenters. The van der Waals surface area contributed by atoms with Gasteiger partial charge in [-0.3, -0.25) is 4.79 Å². The third-order valence-electron chi connectivity index (χ3n) is 6.37. The highest BCUT2D eigenvalue weighted by Gasteiger charge is 2.32. The summed E-state index contributed by atoms with van der Waals surface area (Å²) in [5.41, 5.74) is 2.05. The fraction of sp³-hybridized carbons (Fsp3) is 0.458. The summed E-state index contributed by atoms with van der Waals surface area (Å²) in [6, 6.07) is 13.5. The average Bonchev–Trinajstić information content (AvgIpc) is 2.78. The Labute approximate surface area is 199 Å². The second kappa shape index (κ2) is 10.4. The van der Waals surface area contributed by atoms with Gasteiger partial charge < -0.3 is 15.1 Å². The third kappa shape index (κ3) is 5.67. The van der Waals surface area contributed by atoms with Crippen LogP contribution in [0.1, 0.15) is 37.3 Å². The van der Waals surface area contributed by atoms with E-state index in [-0.39, 0.29) is 11.9 Å². The number of benzene rings is 2. The minimum Gasteiger partial charge on any atom is -0.360 e. The molecule has 0 spiro atoms. The zero-order chi connectivity index (χ0) is 21.8. The monoisotopic (exact) mass is 479 g/mol. The maximum atomic E-state index is 13.0. The highest BCUT2D eigenvalue weighted by molar-refractivity contribution is 6.36. The number of rotatable bonds is 5. The number of hydrogen-bond donors (Lipinski definition) is 1. The minimum atomic E-state index is 0.00462. The van der Waals surface area contributed by atoms with E-state index in [1.807, 2.05) is 41.3 Å². The van der Waals surface area contributed by atoms with Gasteiger partial charge in [0.1, 0.15) is 0 Å². The summed E-state index contributed by atoms with van der Waals surface area (Å²) in [5.74, 6) is 0.852. The molecular weight excluding hydrogens is 453 g/mol. The van der Waals surface area contributed by atoms with Crippen molar-refractivity contribution in [3.63, 3.8) is 0 Å². The lowest BCUT2D eigenvalue weighted by Crippen LogP contribution is -2.50. The van der Waals surface area contributed by atoms with Crippen molar-refractivity contribution in [2.75, 3.05) is 37.6 Å². The van der Waals surface area contributed by atoms with Crippen LogP contribution in [-0.4, -0.2) is 43.5 Å². The number of hydrogen-bond acceptors (Lipinski definition) is 3. The molecule has 2 atom stereocenters. The molecule has 2 saturated heterocycles. The highest BCUT2D eigenvalue weighted by atomic mass is 35.5. The first-order valence-electron chi connectivity index (χ1n) is 11.0. The van der Waals surface area contributed by atoms with E-state index in [4.69, 9.17) is 34.8 Å². The summed E-state index contributed by atoms with van der Waals surface area (Å²) in [4.78, 5) is 17.3. The van der Waals surface area contributed by atoms with Gasteiger partial charge in [0.15, 0.2) is 0 Å². The molecule has 2 aliphatic heterocycles. The summed E-state index contributed by atoms with van der Waals surface area (Å²) in [6.45, 7) is 4.16. The molecule has 0 aromatic heterocycles. The average molecular weight is 481 g/mol. The van der Waals surface area contributed by atoms with Crippen LogP contribution in [0.3, 0.4) is 0 Å². The SMILES string of the molecule is O=C(CCC1CCCNC1)N1CCN(c2ccc(Cl)cc2Cl)[C@H](c2ccc(Cl)cc2)C1. The normalized spacial score (nSPS) is 21.9. The lowest BCUT2D eigenvalue weighted by molar-refractivity contribution is -0.132. The van der Waals surface area contributed by atoms with Gasteiger partial charge in [-0.25, -0.2) is 0 Å². The van der Waals surface area contributed by atoms with Crippen LogP contribution in [0.4, 0.5) is 5.69 Å². The predicted molar refractivity (Wildman–Crippen MR) is 129 cm³/mol. The molecule has 1 amide bonds. The van der Waals surface area contributed by atoms with Gasteiger partial charge in [-0.1, -0.05) is 46.9 Å². The highest BCUT2D eigenvalue weighted by Crippen LogP contribution is 2.37. The number of nitrogens with one attached hydrogen (secondary N) is 1. The summed E-state index contributed by atoms with van der Waals surface area (Å²) in [7, 11) is 0. The first-order valence-corrected chi connectivity index (χ1v) is 12.1. The fourth-order valence-corrected chi connectivity index (χ4v) is 5.28. The zero-order valence-electron chi connectivity index (χ0n) is 17.5. The Kier molecular flexibility index (Phi) is 7.65. The summed E-state index contributed by atoms with van der Waals surface area (Å²) < 4.78 is 0. The van der Waals surface area contributed by atoms with E-state index in [0.29, 0.717) is 47.0 Å². The lowest BCUT2D eigenvalue weighted by Gasteiger charge is -2.43. The Balaban J connectivity index is 1.51. The van der Waals surface area contributed by atoms with Gasteiger partial charge in [-0.2, -0.15) is 0 Å². The minimum absolute atomic E-state index is 0.00462. The molecule has 0 saturated carbocycles. The van der Waals surface area contributed by atoms with Gasteiger partial charge in [-0.05, 0) is 74.2 Å². The Morgan fingerprint density at radius 1 is 1.03 bits per heavy atom. The van der Waals surface area contributed by atoms with Crippen molar-refractivity contribution in [1.29, 1.82) is 0 Å². The van der Waals surface area contributed by atoms with Crippen molar-refractivity contribution >= 4 is 46.4 Å². The van der Waals surface area contributed by atoms with Gasteiger partial charge in [0.05, 0.1) is 16.8 Å². The molecule has 2 heterocycles. The number of nitrogens with zero attached hydrogens (tertiary/aromatic N) is 2. The van der Waals surface area contributed by atoms with Crippen LogP contribution in [-0.2, 0) is 4.79 Å². The number of amides is 1. The van der Waals surface area contributed by atoms with Crippen molar-refractivity contribution in [2.45, 2.75) is 31.7 Å². The third-order valence-corrected chi connectivity index (χ3v) is 7.16. The molecule has 4 rings (SSSR count). The van der Waals surface area contributed by atoms with E-state index in [1.165, 1.54) is 12.8 Å². The van der Waals surface area contributed by atoms with Crippen molar-refractivity contribution in [1.82, 2.24) is 10.2 Å². The van der Waals surface area contributed by atoms with Gasteiger partial charge in [0.25, 0.3) is 0 Å². The molecule has 2 aromatic carbocycles. The van der Waals surface area contributed by atoms with E-state index in [9.17, 15) is 4.79 Å². The maximum absolute atomic E-state index is 13.0. The molecule has 0 aliphatic carbocycles. The van der Waals surface area contributed by atoms with Crippen LogP contribution in [0.5, 0.6) is 0 Å². The molecule has 7 heteroatoms. The molecule has 1 N–H and O–H groups in total.